The molecule has 3 nitrogen and oxygen atoms in total. The van der Waals surface area contributed by atoms with Gasteiger partial charge in [-0.3, -0.25) is 4.79 Å². The van der Waals surface area contributed by atoms with Gasteiger partial charge in [0.25, 0.3) is 0 Å². The maximum Gasteiger partial charge on any atom is 0.195 e. The Morgan fingerprint density at radius 2 is 1.95 bits per heavy atom. The van der Waals surface area contributed by atoms with Crippen molar-refractivity contribution in [2.45, 2.75) is 0 Å². The number of hydrogen-bond acceptors (Lipinski definition) is 2. The van der Waals surface area contributed by atoms with E-state index in [9.17, 15) is 4.79 Å². The summed E-state index contributed by atoms with van der Waals surface area (Å²) in [6.45, 7) is 0. The monoisotopic (exact) mass is 343 g/mol. The largest absolute Gasteiger partial charge is 0.496 e. The third-order valence-corrected chi connectivity index (χ3v) is 4.02. The standard InChI is InChI=1S/C17H14BrNO2/c1-19-10-13(16-14(19)7-4-8-15(16)21-2)17(20)11-5-3-6-12(18)9-11/h3-10H,1-2H3. The Morgan fingerprint density at radius 3 is 2.67 bits per heavy atom. The normalized spacial score (nSPS) is 10.8. The molecule has 0 fully saturated rings. The van der Waals surface area contributed by atoms with Crippen LogP contribution in [0.1, 0.15) is 15.9 Å². The van der Waals surface area contributed by atoms with Gasteiger partial charge in [-0.05, 0) is 24.3 Å². The van der Waals surface area contributed by atoms with Gasteiger partial charge in [0.05, 0.1) is 23.6 Å². The summed E-state index contributed by atoms with van der Waals surface area (Å²) < 4.78 is 8.25. The Labute approximate surface area is 131 Å². The molecule has 4 heteroatoms. The highest BCUT2D eigenvalue weighted by Crippen LogP contribution is 2.31. The van der Waals surface area contributed by atoms with E-state index in [0.717, 1.165) is 15.4 Å². The maximum atomic E-state index is 12.8. The molecule has 0 saturated heterocycles. The van der Waals surface area contributed by atoms with E-state index < -0.39 is 0 Å². The Hall–Kier alpha value is -2.07. The van der Waals surface area contributed by atoms with Gasteiger partial charge in [0.1, 0.15) is 5.75 Å². The Balaban J connectivity index is 2.23. The number of aryl methyl sites for hydroxylation is 1. The van der Waals surface area contributed by atoms with Gasteiger partial charge in [-0.2, -0.15) is 0 Å². The number of aromatic nitrogens is 1. The van der Waals surface area contributed by atoms with Crippen molar-refractivity contribution in [2.75, 3.05) is 7.11 Å². The minimum absolute atomic E-state index is 0.00796. The molecular formula is C17H14BrNO2. The first-order valence-corrected chi connectivity index (χ1v) is 7.33. The SMILES string of the molecule is COc1cccc2c1c(C(=O)c1cccc(Br)c1)cn2C. The molecule has 0 amide bonds. The van der Waals surface area contributed by atoms with Gasteiger partial charge in [0.15, 0.2) is 5.78 Å². The number of ketones is 1. The van der Waals surface area contributed by atoms with Crippen LogP contribution in [0.25, 0.3) is 10.9 Å². The van der Waals surface area contributed by atoms with Crippen molar-refractivity contribution in [3.8, 4) is 5.75 Å². The third kappa shape index (κ3) is 2.36. The van der Waals surface area contributed by atoms with Gasteiger partial charge in [0.2, 0.25) is 0 Å². The molecule has 0 aliphatic heterocycles. The van der Waals surface area contributed by atoms with E-state index in [1.165, 1.54) is 0 Å². The zero-order valence-corrected chi connectivity index (χ0v) is 13.3. The van der Waals surface area contributed by atoms with Gasteiger partial charge < -0.3 is 9.30 Å². The summed E-state index contributed by atoms with van der Waals surface area (Å²) >= 11 is 3.40. The lowest BCUT2D eigenvalue weighted by molar-refractivity contribution is 0.104. The van der Waals surface area contributed by atoms with Gasteiger partial charge in [0, 0.05) is 23.3 Å². The zero-order chi connectivity index (χ0) is 15.0. The summed E-state index contributed by atoms with van der Waals surface area (Å²) in [4.78, 5) is 12.8. The van der Waals surface area contributed by atoms with E-state index in [4.69, 9.17) is 4.74 Å². The topological polar surface area (TPSA) is 31.2 Å². The Morgan fingerprint density at radius 1 is 1.19 bits per heavy atom. The summed E-state index contributed by atoms with van der Waals surface area (Å²) in [5.41, 5.74) is 2.29. The van der Waals surface area contributed by atoms with Crippen LogP contribution in [-0.4, -0.2) is 17.5 Å². The van der Waals surface area contributed by atoms with Crippen LogP contribution in [0.5, 0.6) is 5.75 Å². The van der Waals surface area contributed by atoms with Crippen LogP contribution in [-0.2, 0) is 7.05 Å². The fourth-order valence-corrected chi connectivity index (χ4v) is 2.94. The molecule has 0 N–H and O–H groups in total. The number of nitrogens with zero attached hydrogens (tertiary/aromatic N) is 1. The van der Waals surface area contributed by atoms with E-state index in [-0.39, 0.29) is 5.78 Å². The van der Waals surface area contributed by atoms with Crippen LogP contribution in [0, 0.1) is 0 Å². The smallest absolute Gasteiger partial charge is 0.195 e. The molecule has 0 unspecified atom stereocenters. The average molecular weight is 344 g/mol. The lowest BCUT2D eigenvalue weighted by Crippen LogP contribution is -2.01. The maximum absolute atomic E-state index is 12.8. The lowest BCUT2D eigenvalue weighted by Gasteiger charge is -2.05. The molecule has 2 aromatic carbocycles. The van der Waals surface area contributed by atoms with Crippen molar-refractivity contribution in [2.24, 2.45) is 7.05 Å². The summed E-state index contributed by atoms with van der Waals surface area (Å²) in [5, 5.41) is 0.854. The molecule has 1 heterocycles. The number of methoxy groups -OCH3 is 1. The van der Waals surface area contributed by atoms with E-state index in [0.29, 0.717) is 16.9 Å². The molecule has 0 spiro atoms. The van der Waals surface area contributed by atoms with Crippen LogP contribution < -0.4 is 4.74 Å². The van der Waals surface area contributed by atoms with Crippen molar-refractivity contribution in [3.05, 3.63) is 64.3 Å². The van der Waals surface area contributed by atoms with E-state index >= 15 is 0 Å². The van der Waals surface area contributed by atoms with Gasteiger partial charge in [-0.15, -0.1) is 0 Å². The molecule has 0 bridgehead atoms. The fraction of sp³-hybridized carbons (Fsp3) is 0.118. The average Bonchev–Trinajstić information content (AvgIpc) is 2.84. The molecule has 0 aliphatic carbocycles. The molecular weight excluding hydrogens is 330 g/mol. The molecule has 1 aromatic heterocycles. The minimum Gasteiger partial charge on any atom is -0.496 e. The minimum atomic E-state index is -0.00796. The van der Waals surface area contributed by atoms with Crippen molar-refractivity contribution < 1.29 is 9.53 Å². The quantitative estimate of drug-likeness (QED) is 0.668. The second kappa shape index (κ2) is 5.37. The van der Waals surface area contributed by atoms with Crippen molar-refractivity contribution in [1.29, 1.82) is 0 Å². The lowest BCUT2D eigenvalue weighted by atomic mass is 10.0. The van der Waals surface area contributed by atoms with Crippen molar-refractivity contribution >= 4 is 32.6 Å². The zero-order valence-electron chi connectivity index (χ0n) is 11.8. The number of carbonyl (C=O) groups is 1. The predicted octanol–water partition coefficient (Wildman–Crippen LogP) is 4.18. The molecule has 0 saturated carbocycles. The third-order valence-electron chi connectivity index (χ3n) is 3.53. The molecule has 21 heavy (non-hydrogen) atoms. The first-order valence-electron chi connectivity index (χ1n) is 6.54. The number of carbonyl (C=O) groups excluding carboxylic acids is 1. The highest BCUT2D eigenvalue weighted by Gasteiger charge is 2.18. The summed E-state index contributed by atoms with van der Waals surface area (Å²) in [5.74, 6) is 0.706. The van der Waals surface area contributed by atoms with Crippen LogP contribution in [0.3, 0.4) is 0 Å². The molecule has 3 rings (SSSR count). The molecule has 0 radical (unpaired) electrons. The fourth-order valence-electron chi connectivity index (χ4n) is 2.54. The van der Waals surface area contributed by atoms with E-state index in [1.807, 2.05) is 60.3 Å². The van der Waals surface area contributed by atoms with Crippen LogP contribution in [0.4, 0.5) is 0 Å². The van der Waals surface area contributed by atoms with Crippen molar-refractivity contribution in [1.82, 2.24) is 4.57 Å². The van der Waals surface area contributed by atoms with E-state index in [2.05, 4.69) is 15.9 Å². The number of halogens is 1. The molecule has 3 aromatic rings. The van der Waals surface area contributed by atoms with Crippen LogP contribution in [0.2, 0.25) is 0 Å². The number of fused-ring (bicyclic) bond motifs is 1. The first kappa shape index (κ1) is 13.9. The van der Waals surface area contributed by atoms with Gasteiger partial charge in [-0.25, -0.2) is 0 Å². The van der Waals surface area contributed by atoms with Gasteiger partial charge in [-0.1, -0.05) is 34.1 Å². The van der Waals surface area contributed by atoms with E-state index in [1.54, 1.807) is 7.11 Å². The van der Waals surface area contributed by atoms with Crippen LogP contribution in [0.15, 0.2) is 53.1 Å². The van der Waals surface area contributed by atoms with Crippen LogP contribution >= 0.6 is 15.9 Å². The van der Waals surface area contributed by atoms with Gasteiger partial charge >= 0.3 is 0 Å². The number of hydrogen-bond donors (Lipinski definition) is 0. The Bertz CT molecular complexity index is 836. The number of ether oxygens (including phenoxy) is 1. The second-order valence-electron chi connectivity index (χ2n) is 4.85. The first-order chi connectivity index (χ1) is 10.1. The molecule has 0 aliphatic rings. The predicted molar refractivity (Wildman–Crippen MR) is 87.0 cm³/mol. The summed E-state index contributed by atoms with van der Waals surface area (Å²) in [7, 11) is 3.55. The molecule has 106 valence electrons. The summed E-state index contributed by atoms with van der Waals surface area (Å²) in [6.07, 6.45) is 1.86. The number of benzene rings is 2. The highest BCUT2D eigenvalue weighted by atomic mass is 79.9. The highest BCUT2D eigenvalue weighted by molar-refractivity contribution is 9.10. The second-order valence-corrected chi connectivity index (χ2v) is 5.76. The molecule has 0 atom stereocenters. The Kier molecular flexibility index (Phi) is 3.55. The number of rotatable bonds is 3. The summed E-state index contributed by atoms with van der Waals surface area (Å²) in [6, 6.07) is 13.2. The van der Waals surface area contributed by atoms with Crippen molar-refractivity contribution in [3.63, 3.8) is 0 Å².